The lowest BCUT2D eigenvalue weighted by Crippen LogP contribution is -2.06. The molecular weight excluding hydrogens is 186 g/mol. The maximum absolute atomic E-state index is 11.0. The van der Waals surface area contributed by atoms with Crippen LogP contribution in [0.15, 0.2) is 35.2 Å². The highest BCUT2D eigenvalue weighted by atomic mass is 32.2. The molecular formula is C10H12O2S. The smallest absolute Gasteiger partial charge is 0.316 e. The lowest BCUT2D eigenvalue weighted by Gasteiger charge is -2.00. The van der Waals surface area contributed by atoms with Gasteiger partial charge in [-0.15, -0.1) is 11.8 Å². The number of carbonyl (C=O) groups is 1. The SMILES string of the molecule is CCOC(=O)CS[13c]1cccc[13cH]1. The van der Waals surface area contributed by atoms with Gasteiger partial charge in [0.05, 0.1) is 12.4 Å². The molecule has 1 rings (SSSR count). The van der Waals surface area contributed by atoms with Crippen LogP contribution in [0.5, 0.6) is 0 Å². The van der Waals surface area contributed by atoms with Gasteiger partial charge in [-0.3, -0.25) is 4.79 Å². The van der Waals surface area contributed by atoms with E-state index >= 15 is 0 Å². The van der Waals surface area contributed by atoms with Gasteiger partial charge < -0.3 is 4.74 Å². The summed E-state index contributed by atoms with van der Waals surface area (Å²) in [4.78, 5) is 12.1. The second-order valence-corrected chi connectivity index (χ2v) is 3.46. The zero-order valence-electron chi connectivity index (χ0n) is 7.53. The number of hydrogen-bond acceptors (Lipinski definition) is 3. The highest BCUT2D eigenvalue weighted by molar-refractivity contribution is 8.00. The molecule has 3 heteroatoms. The summed E-state index contributed by atoms with van der Waals surface area (Å²) in [7, 11) is 0. The Hall–Kier alpha value is -0.960. The van der Waals surface area contributed by atoms with E-state index in [4.69, 9.17) is 4.74 Å². The standard InChI is InChI=1S/C10H12O2S/c1-2-12-10(11)8-13-9-6-4-3-5-7-9/h3-7H,2,8H2,1H3/i6+1,9+1. The van der Waals surface area contributed by atoms with E-state index in [2.05, 4.69) is 0 Å². The Morgan fingerprint density at radius 2 is 2.08 bits per heavy atom. The zero-order chi connectivity index (χ0) is 9.52. The van der Waals surface area contributed by atoms with Crippen LogP contribution in [0.1, 0.15) is 6.92 Å². The predicted octanol–water partition coefficient (Wildman–Crippen LogP) is 2.34. The number of benzene rings is 1. The molecule has 0 aliphatic heterocycles. The van der Waals surface area contributed by atoms with E-state index in [-0.39, 0.29) is 5.97 Å². The van der Waals surface area contributed by atoms with Gasteiger partial charge in [-0.2, -0.15) is 0 Å². The first-order valence-corrected chi connectivity index (χ1v) is 5.15. The van der Waals surface area contributed by atoms with E-state index in [0.717, 1.165) is 4.90 Å². The lowest BCUT2D eigenvalue weighted by atomic mass is 10.6. The van der Waals surface area contributed by atoms with E-state index in [9.17, 15) is 4.79 Å². The molecule has 0 aliphatic rings. The number of thioether (sulfide) groups is 1. The highest BCUT2D eigenvalue weighted by Crippen LogP contribution is 2.16. The van der Waals surface area contributed by atoms with E-state index in [0.29, 0.717) is 12.4 Å². The number of hydrogen-bond donors (Lipinski definition) is 0. The Kier molecular flexibility index (Phi) is 4.40. The molecule has 0 spiro atoms. The predicted molar refractivity (Wildman–Crippen MR) is 53.8 cm³/mol. The Balaban J connectivity index is 2.31. The average Bonchev–Trinajstić information content (AvgIpc) is 2.17. The van der Waals surface area contributed by atoms with Crippen molar-refractivity contribution in [2.24, 2.45) is 0 Å². The van der Waals surface area contributed by atoms with Crippen LogP contribution in [-0.4, -0.2) is 18.3 Å². The van der Waals surface area contributed by atoms with Gasteiger partial charge >= 0.3 is 5.97 Å². The average molecular weight is 198 g/mol. The van der Waals surface area contributed by atoms with Crippen LogP contribution in [0.25, 0.3) is 0 Å². The summed E-state index contributed by atoms with van der Waals surface area (Å²) in [6.07, 6.45) is 0. The van der Waals surface area contributed by atoms with Crippen molar-refractivity contribution in [1.82, 2.24) is 0 Å². The van der Waals surface area contributed by atoms with Crippen LogP contribution in [0.4, 0.5) is 0 Å². The summed E-state index contributed by atoms with van der Waals surface area (Å²) in [6, 6.07) is 9.81. The molecule has 0 aromatic heterocycles. The van der Waals surface area contributed by atoms with Crippen LogP contribution < -0.4 is 0 Å². The van der Waals surface area contributed by atoms with Gasteiger partial charge in [-0.25, -0.2) is 0 Å². The fourth-order valence-electron chi connectivity index (χ4n) is 0.862. The Morgan fingerprint density at radius 3 is 2.69 bits per heavy atom. The molecule has 0 bridgehead atoms. The molecule has 0 saturated carbocycles. The topological polar surface area (TPSA) is 26.3 Å². The van der Waals surface area contributed by atoms with Gasteiger partial charge in [-0.1, -0.05) is 18.2 Å². The first-order chi connectivity index (χ1) is 6.33. The second-order valence-electron chi connectivity index (χ2n) is 2.41. The van der Waals surface area contributed by atoms with Gasteiger partial charge in [0.25, 0.3) is 0 Å². The maximum atomic E-state index is 11.0. The molecule has 1 aromatic rings. The summed E-state index contributed by atoms with van der Waals surface area (Å²) < 4.78 is 4.80. The molecule has 13 heavy (non-hydrogen) atoms. The summed E-state index contributed by atoms with van der Waals surface area (Å²) in [5, 5.41) is 0. The molecule has 0 aliphatic carbocycles. The fourth-order valence-corrected chi connectivity index (χ4v) is 1.58. The van der Waals surface area contributed by atoms with Gasteiger partial charge in [-0.05, 0) is 19.1 Å². The normalized spacial score (nSPS) is 9.62. The fraction of sp³-hybridized carbons (Fsp3) is 0.300. The van der Waals surface area contributed by atoms with Crippen molar-refractivity contribution < 1.29 is 9.53 Å². The third-order valence-corrected chi connectivity index (χ3v) is 2.39. The molecule has 0 atom stereocenters. The first-order valence-electron chi connectivity index (χ1n) is 4.16. The van der Waals surface area contributed by atoms with Crippen molar-refractivity contribution in [3.63, 3.8) is 0 Å². The van der Waals surface area contributed by atoms with Crippen molar-refractivity contribution in [1.29, 1.82) is 0 Å². The van der Waals surface area contributed by atoms with Crippen LogP contribution in [0.3, 0.4) is 0 Å². The van der Waals surface area contributed by atoms with Crippen molar-refractivity contribution in [3.8, 4) is 0 Å². The number of rotatable bonds is 4. The largest absolute Gasteiger partial charge is 0.465 e. The number of esters is 1. The minimum atomic E-state index is -0.156. The molecule has 2 nitrogen and oxygen atoms in total. The van der Waals surface area contributed by atoms with Crippen molar-refractivity contribution in [2.75, 3.05) is 12.4 Å². The van der Waals surface area contributed by atoms with Gasteiger partial charge in [0.1, 0.15) is 0 Å². The minimum Gasteiger partial charge on any atom is -0.465 e. The summed E-state index contributed by atoms with van der Waals surface area (Å²) >= 11 is 1.49. The quantitative estimate of drug-likeness (QED) is 0.548. The van der Waals surface area contributed by atoms with Crippen molar-refractivity contribution >= 4 is 17.7 Å². The maximum Gasteiger partial charge on any atom is 0.316 e. The molecule has 0 N–H and O–H groups in total. The van der Waals surface area contributed by atoms with Crippen LogP contribution in [0, 0.1) is 0 Å². The molecule has 0 heterocycles. The molecule has 1 aromatic carbocycles. The summed E-state index contributed by atoms with van der Waals surface area (Å²) in [5.41, 5.74) is 0. The van der Waals surface area contributed by atoms with Crippen molar-refractivity contribution in [2.45, 2.75) is 11.8 Å². The molecule has 0 fully saturated rings. The molecule has 0 unspecified atom stereocenters. The zero-order valence-corrected chi connectivity index (χ0v) is 8.34. The number of carbonyl (C=O) groups excluding carboxylic acids is 1. The lowest BCUT2D eigenvalue weighted by molar-refractivity contribution is -0.139. The Morgan fingerprint density at radius 1 is 1.38 bits per heavy atom. The second kappa shape index (κ2) is 5.65. The van der Waals surface area contributed by atoms with Gasteiger partial charge in [0.15, 0.2) is 0 Å². The Labute approximate surface area is 82.3 Å². The molecule has 0 amide bonds. The van der Waals surface area contributed by atoms with E-state index in [1.165, 1.54) is 11.8 Å². The molecule has 0 saturated heterocycles. The van der Waals surface area contributed by atoms with E-state index < -0.39 is 0 Å². The third-order valence-electron chi connectivity index (χ3n) is 1.41. The van der Waals surface area contributed by atoms with E-state index in [1.807, 2.05) is 37.3 Å². The van der Waals surface area contributed by atoms with Crippen LogP contribution in [-0.2, 0) is 9.53 Å². The first kappa shape index (κ1) is 10.1. The van der Waals surface area contributed by atoms with Gasteiger partial charge in [0.2, 0.25) is 0 Å². The summed E-state index contributed by atoms with van der Waals surface area (Å²) in [6.45, 7) is 2.26. The van der Waals surface area contributed by atoms with Crippen LogP contribution in [0.2, 0.25) is 0 Å². The van der Waals surface area contributed by atoms with Crippen molar-refractivity contribution in [3.05, 3.63) is 30.3 Å². The molecule has 0 radical (unpaired) electrons. The number of ether oxygens (including phenoxy) is 1. The monoisotopic (exact) mass is 198 g/mol. The highest BCUT2D eigenvalue weighted by Gasteiger charge is 2.01. The third kappa shape index (κ3) is 3.99. The minimum absolute atomic E-state index is 0.156. The molecule has 70 valence electrons. The van der Waals surface area contributed by atoms with E-state index in [1.54, 1.807) is 0 Å². The van der Waals surface area contributed by atoms with Crippen LogP contribution >= 0.6 is 11.8 Å². The summed E-state index contributed by atoms with van der Waals surface area (Å²) in [5.74, 6) is 0.231. The van der Waals surface area contributed by atoms with Gasteiger partial charge in [0, 0.05) is 4.90 Å². The Bertz CT molecular complexity index is 259.